The van der Waals surface area contributed by atoms with E-state index in [4.69, 9.17) is 0 Å². The minimum atomic E-state index is -4.37. The number of alkyl halides is 3. The summed E-state index contributed by atoms with van der Waals surface area (Å²) in [7, 11) is 0. The maximum Gasteiger partial charge on any atom is 0.416 e. The van der Waals surface area contributed by atoms with Crippen molar-refractivity contribution >= 4 is 27.4 Å². The van der Waals surface area contributed by atoms with E-state index in [9.17, 15) is 13.2 Å². The van der Waals surface area contributed by atoms with Gasteiger partial charge in [0.25, 0.3) is 0 Å². The largest absolute Gasteiger partial charge is 0.416 e. The number of anilines is 2. The third kappa shape index (κ3) is 3.93. The molecule has 0 aliphatic rings. The van der Waals surface area contributed by atoms with Gasteiger partial charge in [-0.15, -0.1) is 0 Å². The number of nitrogens with one attached hydrogen (secondary N) is 1. The summed E-state index contributed by atoms with van der Waals surface area (Å²) in [6, 6.07) is 5.20. The van der Waals surface area contributed by atoms with Crippen molar-refractivity contribution in [2.24, 2.45) is 0 Å². The maximum absolute atomic E-state index is 12.8. The number of hydrogen-bond donors (Lipinski definition) is 1. The number of rotatable bonds is 3. The molecule has 21 heavy (non-hydrogen) atoms. The molecule has 0 bridgehead atoms. The van der Waals surface area contributed by atoms with Gasteiger partial charge >= 0.3 is 6.18 Å². The lowest BCUT2D eigenvalue weighted by molar-refractivity contribution is -0.137. The SMILES string of the molecule is CCc1nc(Br)cc(Nc2cc(C(F)(F)F)ccc2C)n1. The zero-order valence-electron chi connectivity index (χ0n) is 11.4. The van der Waals surface area contributed by atoms with E-state index < -0.39 is 11.7 Å². The summed E-state index contributed by atoms with van der Waals surface area (Å²) in [6.07, 6.45) is -3.74. The zero-order chi connectivity index (χ0) is 15.6. The van der Waals surface area contributed by atoms with Gasteiger partial charge < -0.3 is 5.32 Å². The number of hydrogen-bond acceptors (Lipinski definition) is 3. The van der Waals surface area contributed by atoms with Gasteiger partial charge in [0, 0.05) is 18.2 Å². The average molecular weight is 360 g/mol. The molecule has 1 aromatic heterocycles. The monoisotopic (exact) mass is 359 g/mol. The third-order valence-corrected chi connectivity index (χ3v) is 3.29. The van der Waals surface area contributed by atoms with Crippen LogP contribution in [0.5, 0.6) is 0 Å². The van der Waals surface area contributed by atoms with Gasteiger partial charge in [0.15, 0.2) is 0 Å². The number of aryl methyl sites for hydroxylation is 2. The van der Waals surface area contributed by atoms with Crippen LogP contribution in [-0.4, -0.2) is 9.97 Å². The second-order valence-corrected chi connectivity index (χ2v) is 5.31. The number of aromatic nitrogens is 2. The van der Waals surface area contributed by atoms with Crippen LogP contribution in [0, 0.1) is 6.92 Å². The van der Waals surface area contributed by atoms with Gasteiger partial charge in [0.2, 0.25) is 0 Å². The summed E-state index contributed by atoms with van der Waals surface area (Å²) in [6.45, 7) is 3.64. The molecule has 1 aromatic carbocycles. The van der Waals surface area contributed by atoms with Crippen LogP contribution in [0.25, 0.3) is 0 Å². The van der Waals surface area contributed by atoms with Crippen molar-refractivity contribution in [3.63, 3.8) is 0 Å². The fourth-order valence-electron chi connectivity index (χ4n) is 1.76. The second kappa shape index (κ2) is 6.01. The Bertz CT molecular complexity index is 656. The molecule has 0 aliphatic heterocycles. The molecule has 0 unspecified atom stereocenters. The first-order valence-electron chi connectivity index (χ1n) is 6.28. The van der Waals surface area contributed by atoms with Crippen LogP contribution in [0.2, 0.25) is 0 Å². The second-order valence-electron chi connectivity index (χ2n) is 4.50. The first-order valence-corrected chi connectivity index (χ1v) is 7.07. The van der Waals surface area contributed by atoms with Crippen LogP contribution < -0.4 is 5.32 Å². The molecular formula is C14H13BrF3N3. The van der Waals surface area contributed by atoms with E-state index in [0.717, 1.165) is 12.1 Å². The van der Waals surface area contributed by atoms with E-state index >= 15 is 0 Å². The van der Waals surface area contributed by atoms with E-state index in [1.54, 1.807) is 13.0 Å². The van der Waals surface area contributed by atoms with Gasteiger partial charge in [0.1, 0.15) is 16.2 Å². The molecule has 2 aromatic rings. The molecule has 0 radical (unpaired) electrons. The maximum atomic E-state index is 12.8. The standard InChI is InChI=1S/C14H13BrF3N3/c1-3-12-20-11(15)7-13(21-12)19-10-6-9(14(16,17)18)5-4-8(10)2/h4-7H,3H2,1-2H3,(H,19,20,21). The van der Waals surface area contributed by atoms with Crippen LogP contribution in [0.15, 0.2) is 28.9 Å². The Hall–Kier alpha value is -1.63. The highest BCUT2D eigenvalue weighted by molar-refractivity contribution is 9.10. The van der Waals surface area contributed by atoms with Crippen LogP contribution >= 0.6 is 15.9 Å². The van der Waals surface area contributed by atoms with Gasteiger partial charge in [-0.25, -0.2) is 9.97 Å². The molecule has 7 heteroatoms. The molecule has 3 nitrogen and oxygen atoms in total. The Labute approximate surface area is 128 Å². The lowest BCUT2D eigenvalue weighted by Crippen LogP contribution is -2.07. The van der Waals surface area contributed by atoms with Gasteiger partial charge in [-0.1, -0.05) is 13.0 Å². The topological polar surface area (TPSA) is 37.8 Å². The van der Waals surface area contributed by atoms with E-state index in [1.807, 2.05) is 6.92 Å². The highest BCUT2D eigenvalue weighted by Gasteiger charge is 2.30. The van der Waals surface area contributed by atoms with Crippen LogP contribution in [0.4, 0.5) is 24.7 Å². The van der Waals surface area contributed by atoms with Crippen molar-refractivity contribution in [1.29, 1.82) is 0 Å². The Balaban J connectivity index is 2.37. The number of benzene rings is 1. The molecule has 0 saturated carbocycles. The van der Waals surface area contributed by atoms with Crippen LogP contribution in [0.1, 0.15) is 23.9 Å². The quantitative estimate of drug-likeness (QED) is 0.794. The molecule has 0 spiro atoms. The molecule has 2 rings (SSSR count). The molecule has 1 heterocycles. The van der Waals surface area contributed by atoms with Crippen LogP contribution in [0.3, 0.4) is 0 Å². The molecule has 1 N–H and O–H groups in total. The van der Waals surface area contributed by atoms with Crippen molar-refractivity contribution in [2.75, 3.05) is 5.32 Å². The summed E-state index contributed by atoms with van der Waals surface area (Å²) in [5.41, 5.74) is 0.382. The Kier molecular flexibility index (Phi) is 4.51. The summed E-state index contributed by atoms with van der Waals surface area (Å²) in [4.78, 5) is 8.41. The van der Waals surface area contributed by atoms with E-state index in [2.05, 4.69) is 31.2 Å². The third-order valence-electron chi connectivity index (χ3n) is 2.89. The molecule has 0 atom stereocenters. The van der Waals surface area contributed by atoms with E-state index in [-0.39, 0.29) is 0 Å². The highest BCUT2D eigenvalue weighted by atomic mass is 79.9. The van der Waals surface area contributed by atoms with Crippen molar-refractivity contribution in [2.45, 2.75) is 26.4 Å². The average Bonchev–Trinajstić information content (AvgIpc) is 2.39. The molecule has 0 amide bonds. The van der Waals surface area contributed by atoms with Crippen molar-refractivity contribution in [3.05, 3.63) is 45.8 Å². The first kappa shape index (κ1) is 15.8. The predicted molar refractivity (Wildman–Crippen MR) is 78.6 cm³/mol. The number of nitrogens with zero attached hydrogens (tertiary/aromatic N) is 2. The summed E-state index contributed by atoms with van der Waals surface area (Å²) in [5, 5.41) is 2.92. The van der Waals surface area contributed by atoms with Crippen molar-refractivity contribution < 1.29 is 13.2 Å². The first-order chi connectivity index (χ1) is 9.79. The lowest BCUT2D eigenvalue weighted by atomic mass is 10.1. The summed E-state index contributed by atoms with van der Waals surface area (Å²) >= 11 is 3.26. The van der Waals surface area contributed by atoms with Gasteiger partial charge in [-0.3, -0.25) is 0 Å². The van der Waals surface area contributed by atoms with Gasteiger partial charge in [-0.2, -0.15) is 13.2 Å². The van der Waals surface area contributed by atoms with Crippen LogP contribution in [-0.2, 0) is 12.6 Å². The van der Waals surface area contributed by atoms with Crippen molar-refractivity contribution in [1.82, 2.24) is 9.97 Å². The molecule has 112 valence electrons. The van der Waals surface area contributed by atoms with E-state index in [0.29, 0.717) is 33.9 Å². The number of halogens is 4. The minimum absolute atomic E-state index is 0.373. The molecule has 0 saturated heterocycles. The fourth-order valence-corrected chi connectivity index (χ4v) is 2.18. The smallest absolute Gasteiger partial charge is 0.340 e. The Morgan fingerprint density at radius 1 is 1.19 bits per heavy atom. The van der Waals surface area contributed by atoms with Crippen molar-refractivity contribution in [3.8, 4) is 0 Å². The highest BCUT2D eigenvalue weighted by Crippen LogP contribution is 2.33. The van der Waals surface area contributed by atoms with E-state index in [1.165, 1.54) is 6.07 Å². The molecule has 0 fully saturated rings. The molecule has 0 aliphatic carbocycles. The fraction of sp³-hybridized carbons (Fsp3) is 0.286. The lowest BCUT2D eigenvalue weighted by Gasteiger charge is -2.13. The Morgan fingerprint density at radius 3 is 2.52 bits per heavy atom. The normalized spacial score (nSPS) is 11.5. The zero-order valence-corrected chi connectivity index (χ0v) is 13.0. The predicted octanol–water partition coefficient (Wildman–Crippen LogP) is 4.87. The Morgan fingerprint density at radius 2 is 1.90 bits per heavy atom. The molecular weight excluding hydrogens is 347 g/mol. The van der Waals surface area contributed by atoms with Gasteiger partial charge in [-0.05, 0) is 40.5 Å². The van der Waals surface area contributed by atoms with Gasteiger partial charge in [0.05, 0.1) is 5.56 Å². The summed E-state index contributed by atoms with van der Waals surface area (Å²) in [5.74, 6) is 1.06. The minimum Gasteiger partial charge on any atom is -0.340 e. The summed E-state index contributed by atoms with van der Waals surface area (Å²) < 4.78 is 38.9.